The number of fused-ring (bicyclic) bond motifs is 1. The molecule has 34 heavy (non-hydrogen) atoms. The van der Waals surface area contributed by atoms with Crippen molar-refractivity contribution in [3.05, 3.63) is 22.3 Å². The number of carbonyl (C=O) groups excluding carboxylic acids is 4. The minimum atomic E-state index is -1.43. The molecule has 2 atom stereocenters. The van der Waals surface area contributed by atoms with Crippen molar-refractivity contribution in [1.29, 1.82) is 5.41 Å². The Labute approximate surface area is 199 Å². The van der Waals surface area contributed by atoms with Gasteiger partial charge in [0, 0.05) is 23.3 Å². The first kappa shape index (κ1) is 23.3. The first-order valence-electron chi connectivity index (χ1n) is 9.62. The third kappa shape index (κ3) is 3.87. The Morgan fingerprint density at radius 1 is 1.38 bits per heavy atom. The van der Waals surface area contributed by atoms with E-state index in [-0.39, 0.29) is 40.9 Å². The number of aliphatic carboxylic acids is 1. The first-order chi connectivity index (χ1) is 16.1. The topological polar surface area (TPSA) is 225 Å². The van der Waals surface area contributed by atoms with Crippen LogP contribution in [0.5, 0.6) is 0 Å². The van der Waals surface area contributed by atoms with Crippen LogP contribution in [0, 0.1) is 5.41 Å². The van der Waals surface area contributed by atoms with Crippen LogP contribution in [0.25, 0.3) is 0 Å². The maximum absolute atomic E-state index is 13.3. The van der Waals surface area contributed by atoms with Crippen LogP contribution in [-0.4, -0.2) is 97.5 Å². The molecule has 4 rings (SSSR count). The standard InChI is InChI=1S/C17H18N8O7S2/c18-8(7-5-34-15(19)22-7)11(26)25(23-2-1-21-17(23)31)10-12(27)24-9(14(28)29)6(3-32-16(20)30)4-33-13(10)24/h5,10,13,18H,1-4H2,(H2,19,22)(H2,20,30)(H,21,31)(H,28,29)/t10?,13-/m1/s1. The van der Waals surface area contributed by atoms with Gasteiger partial charge in [-0.3, -0.25) is 19.9 Å². The summed E-state index contributed by atoms with van der Waals surface area (Å²) in [6.07, 6.45) is -1.10. The molecule has 0 saturated carbocycles. The number of ether oxygens (including phenoxy) is 1. The number of hydrazine groups is 1. The van der Waals surface area contributed by atoms with E-state index in [9.17, 15) is 29.1 Å². The van der Waals surface area contributed by atoms with Crippen LogP contribution in [-0.2, 0) is 19.1 Å². The Hall–Kier alpha value is -3.86. The highest BCUT2D eigenvalue weighted by Gasteiger charge is 2.59. The van der Waals surface area contributed by atoms with E-state index in [1.165, 1.54) is 5.38 Å². The lowest BCUT2D eigenvalue weighted by Crippen LogP contribution is -2.74. The predicted molar refractivity (Wildman–Crippen MR) is 117 cm³/mol. The molecule has 3 aliphatic heterocycles. The molecule has 2 saturated heterocycles. The lowest BCUT2D eigenvalue weighted by molar-refractivity contribution is -0.169. The summed E-state index contributed by atoms with van der Waals surface area (Å²) < 4.78 is 4.69. The molecule has 1 aromatic heterocycles. The van der Waals surface area contributed by atoms with Gasteiger partial charge in [-0.15, -0.1) is 23.1 Å². The lowest BCUT2D eigenvalue weighted by atomic mass is 10.0. The zero-order chi connectivity index (χ0) is 24.7. The summed E-state index contributed by atoms with van der Waals surface area (Å²) in [5, 5.41) is 23.1. The number of nitrogens with one attached hydrogen (secondary N) is 2. The van der Waals surface area contributed by atoms with E-state index in [0.717, 1.165) is 38.0 Å². The summed E-state index contributed by atoms with van der Waals surface area (Å²) in [6, 6.07) is -1.90. The van der Waals surface area contributed by atoms with E-state index < -0.39 is 53.6 Å². The molecule has 0 aromatic carbocycles. The van der Waals surface area contributed by atoms with Crippen LogP contribution in [0.1, 0.15) is 5.69 Å². The molecule has 17 heteroatoms. The van der Waals surface area contributed by atoms with Gasteiger partial charge in [-0.25, -0.2) is 29.4 Å². The Morgan fingerprint density at radius 2 is 2.12 bits per heavy atom. The Bertz CT molecular complexity index is 1150. The maximum Gasteiger partial charge on any atom is 0.404 e. The molecule has 0 aliphatic carbocycles. The second-order valence-corrected chi connectivity index (χ2v) is 9.17. The summed E-state index contributed by atoms with van der Waals surface area (Å²) in [7, 11) is 0. The molecule has 1 unspecified atom stereocenters. The van der Waals surface area contributed by atoms with Crippen LogP contribution in [0.4, 0.5) is 14.7 Å². The number of urea groups is 1. The predicted octanol–water partition coefficient (Wildman–Crippen LogP) is -1.42. The molecule has 180 valence electrons. The molecule has 7 N–H and O–H groups in total. The van der Waals surface area contributed by atoms with Crippen LogP contribution >= 0.6 is 23.1 Å². The number of anilines is 1. The fraction of sp³-hybridized carbons (Fsp3) is 0.353. The average molecular weight is 511 g/mol. The number of carboxylic acids is 1. The van der Waals surface area contributed by atoms with Crippen LogP contribution < -0.4 is 16.8 Å². The van der Waals surface area contributed by atoms with Gasteiger partial charge in [0.15, 0.2) is 11.2 Å². The fourth-order valence-corrected chi connectivity index (χ4v) is 5.62. The summed E-state index contributed by atoms with van der Waals surface area (Å²) in [4.78, 5) is 66.6. The number of carbonyl (C=O) groups is 5. The smallest absolute Gasteiger partial charge is 0.404 e. The van der Waals surface area contributed by atoms with Crippen molar-refractivity contribution in [2.24, 2.45) is 5.73 Å². The molecule has 5 amide bonds. The van der Waals surface area contributed by atoms with Gasteiger partial charge in [0.25, 0.3) is 11.8 Å². The second-order valence-electron chi connectivity index (χ2n) is 7.17. The molecule has 3 aliphatic rings. The number of carboxylic acid groups (broad SMARTS) is 1. The van der Waals surface area contributed by atoms with Gasteiger partial charge in [0.1, 0.15) is 29.1 Å². The summed E-state index contributed by atoms with van der Waals surface area (Å²) in [5.74, 6) is -3.11. The summed E-state index contributed by atoms with van der Waals surface area (Å²) in [6.45, 7) is -0.160. The molecule has 2 fully saturated rings. The van der Waals surface area contributed by atoms with Gasteiger partial charge in [-0.1, -0.05) is 0 Å². The number of primary amides is 1. The van der Waals surface area contributed by atoms with Crippen molar-refractivity contribution in [3.63, 3.8) is 0 Å². The van der Waals surface area contributed by atoms with Gasteiger partial charge in [0.05, 0.1) is 6.54 Å². The highest BCUT2D eigenvalue weighted by Crippen LogP contribution is 2.43. The van der Waals surface area contributed by atoms with Crippen molar-refractivity contribution in [3.8, 4) is 0 Å². The maximum atomic E-state index is 13.3. The van der Waals surface area contributed by atoms with E-state index in [1.807, 2.05) is 0 Å². The molecule has 1 aromatic rings. The lowest BCUT2D eigenvalue weighted by Gasteiger charge is -2.53. The molecule has 0 radical (unpaired) electrons. The first-order valence-corrected chi connectivity index (χ1v) is 11.6. The number of thioether (sulfide) groups is 1. The van der Waals surface area contributed by atoms with Gasteiger partial charge in [-0.2, -0.15) is 0 Å². The van der Waals surface area contributed by atoms with E-state index in [1.54, 1.807) is 0 Å². The number of hydrogen-bond donors (Lipinski definition) is 5. The quantitative estimate of drug-likeness (QED) is 0.212. The van der Waals surface area contributed by atoms with Gasteiger partial charge in [0.2, 0.25) is 0 Å². The van der Waals surface area contributed by atoms with Gasteiger partial charge >= 0.3 is 18.1 Å². The minimum Gasteiger partial charge on any atom is -0.477 e. The number of nitrogens with zero attached hydrogens (tertiary/aromatic N) is 4. The molecular formula is C17H18N8O7S2. The number of rotatable bonds is 7. The Balaban J connectivity index is 1.66. The van der Waals surface area contributed by atoms with Crippen LogP contribution in [0.15, 0.2) is 16.7 Å². The van der Waals surface area contributed by atoms with Crippen molar-refractivity contribution < 1.29 is 33.8 Å². The third-order valence-corrected chi connectivity index (χ3v) is 7.17. The minimum absolute atomic E-state index is 0.0194. The van der Waals surface area contributed by atoms with Crippen molar-refractivity contribution >= 4 is 63.8 Å². The van der Waals surface area contributed by atoms with Crippen LogP contribution in [0.2, 0.25) is 0 Å². The highest BCUT2D eigenvalue weighted by atomic mass is 32.2. The van der Waals surface area contributed by atoms with Gasteiger partial charge in [-0.05, 0) is 0 Å². The molecular weight excluding hydrogens is 492 g/mol. The number of amides is 5. The summed E-state index contributed by atoms with van der Waals surface area (Å²) >= 11 is 2.14. The average Bonchev–Trinajstić information content (AvgIpc) is 3.41. The van der Waals surface area contributed by atoms with E-state index in [4.69, 9.17) is 21.6 Å². The van der Waals surface area contributed by atoms with Crippen molar-refractivity contribution in [2.45, 2.75) is 11.4 Å². The van der Waals surface area contributed by atoms with E-state index in [0.29, 0.717) is 0 Å². The highest BCUT2D eigenvalue weighted by molar-refractivity contribution is 8.00. The normalized spacial score (nSPS) is 21.5. The molecule has 4 heterocycles. The van der Waals surface area contributed by atoms with E-state index in [2.05, 4.69) is 10.3 Å². The molecule has 0 bridgehead atoms. The number of β-lactam (4-membered cyclic amide) rings is 1. The van der Waals surface area contributed by atoms with Crippen molar-refractivity contribution in [2.75, 3.05) is 31.2 Å². The number of nitrogen functional groups attached to an aromatic ring is 1. The Kier molecular flexibility index (Phi) is 6.05. The van der Waals surface area contributed by atoms with Crippen LogP contribution in [0.3, 0.4) is 0 Å². The third-order valence-electron chi connectivity index (χ3n) is 5.17. The summed E-state index contributed by atoms with van der Waals surface area (Å²) in [5.41, 5.74) is 9.72. The monoisotopic (exact) mass is 510 g/mol. The van der Waals surface area contributed by atoms with Gasteiger partial charge < -0.3 is 26.6 Å². The molecule has 15 nitrogen and oxygen atoms in total. The largest absolute Gasteiger partial charge is 0.477 e. The molecule has 0 spiro atoms. The fourth-order valence-electron chi connectivity index (χ4n) is 3.70. The van der Waals surface area contributed by atoms with Crippen molar-refractivity contribution in [1.82, 2.24) is 25.2 Å². The Morgan fingerprint density at radius 3 is 2.68 bits per heavy atom. The number of hydrogen-bond acceptors (Lipinski definition) is 11. The SMILES string of the molecule is N=C(C(=O)N(C1C(=O)N2C(C(=O)O)=C(COC(N)=O)CS[C@H]12)N1CCNC1=O)c1csc(N)n1. The number of aromatic nitrogens is 1. The van der Waals surface area contributed by atoms with E-state index >= 15 is 0 Å². The zero-order valence-corrected chi connectivity index (χ0v) is 18.9. The number of thiazole rings is 1. The zero-order valence-electron chi connectivity index (χ0n) is 17.2. The second kappa shape index (κ2) is 8.82. The number of nitrogens with two attached hydrogens (primary N) is 2.